The van der Waals surface area contributed by atoms with Gasteiger partial charge in [-0.2, -0.15) is 4.99 Å². The lowest BCUT2D eigenvalue weighted by molar-refractivity contribution is 0.242. The Morgan fingerprint density at radius 3 is 2.70 bits per heavy atom. The molecule has 8 nitrogen and oxygen atoms in total. The van der Waals surface area contributed by atoms with Gasteiger partial charge < -0.3 is 22.1 Å². The number of rotatable bonds is 4. The number of carbonyl (C=O) groups is 1. The molecule has 2 heterocycles. The fraction of sp³-hybridized carbons (Fsp3) is 0.200. The minimum Gasteiger partial charge on any atom is -0.370 e. The third kappa shape index (κ3) is 3.65. The van der Waals surface area contributed by atoms with Crippen molar-refractivity contribution in [1.82, 2.24) is 20.6 Å². The van der Waals surface area contributed by atoms with Crippen molar-refractivity contribution in [3.8, 4) is 11.4 Å². The Labute approximate surface area is 123 Å². The van der Waals surface area contributed by atoms with E-state index in [-0.39, 0.29) is 12.0 Å². The fourth-order valence-electron chi connectivity index (χ4n) is 1.30. The molecule has 0 aliphatic rings. The van der Waals surface area contributed by atoms with Gasteiger partial charge in [-0.05, 0) is 0 Å². The summed E-state index contributed by atoms with van der Waals surface area (Å²) >= 11 is 2.78. The topological polar surface area (TPSA) is 131 Å². The SMILES string of the molecule is CNC(=O)NCc1nc(-c2csc(N=C(N)N)n2)cs1. The monoisotopic (exact) mass is 311 g/mol. The number of nitrogens with two attached hydrogens (primary N) is 2. The molecular formula is C10H13N7OS2. The second kappa shape index (κ2) is 6.30. The molecule has 2 rings (SSSR count). The Balaban J connectivity index is 2.06. The summed E-state index contributed by atoms with van der Waals surface area (Å²) in [6.45, 7) is 0.370. The van der Waals surface area contributed by atoms with Crippen LogP contribution in [0.15, 0.2) is 15.8 Å². The maximum atomic E-state index is 11.1. The van der Waals surface area contributed by atoms with E-state index in [4.69, 9.17) is 11.5 Å². The zero-order chi connectivity index (χ0) is 14.5. The van der Waals surface area contributed by atoms with Gasteiger partial charge in [-0.15, -0.1) is 22.7 Å². The van der Waals surface area contributed by atoms with E-state index >= 15 is 0 Å². The Morgan fingerprint density at radius 2 is 2.00 bits per heavy atom. The first-order chi connectivity index (χ1) is 9.58. The normalized spacial score (nSPS) is 10.1. The van der Waals surface area contributed by atoms with Crippen LogP contribution in [-0.2, 0) is 6.54 Å². The quantitative estimate of drug-likeness (QED) is 0.485. The molecule has 0 aromatic carbocycles. The number of hydrogen-bond donors (Lipinski definition) is 4. The highest BCUT2D eigenvalue weighted by atomic mass is 32.1. The minimum absolute atomic E-state index is 0.0281. The highest BCUT2D eigenvalue weighted by Crippen LogP contribution is 2.27. The zero-order valence-corrected chi connectivity index (χ0v) is 12.2. The number of carbonyl (C=O) groups excluding carboxylic acids is 1. The van der Waals surface area contributed by atoms with Crippen LogP contribution in [0.5, 0.6) is 0 Å². The predicted octanol–water partition coefficient (Wildman–Crippen LogP) is 0.601. The van der Waals surface area contributed by atoms with Crippen molar-refractivity contribution in [3.63, 3.8) is 0 Å². The van der Waals surface area contributed by atoms with E-state index in [2.05, 4.69) is 25.6 Å². The molecule has 0 aliphatic heterocycles. The molecule has 0 spiro atoms. The van der Waals surface area contributed by atoms with Crippen LogP contribution in [0.3, 0.4) is 0 Å². The number of urea groups is 1. The molecular weight excluding hydrogens is 298 g/mol. The summed E-state index contributed by atoms with van der Waals surface area (Å²) in [4.78, 5) is 23.6. The van der Waals surface area contributed by atoms with E-state index in [0.29, 0.717) is 17.4 Å². The van der Waals surface area contributed by atoms with Crippen LogP contribution in [0.25, 0.3) is 11.4 Å². The number of hydrogen-bond acceptors (Lipinski definition) is 6. The van der Waals surface area contributed by atoms with Gasteiger partial charge in [0.15, 0.2) is 5.96 Å². The van der Waals surface area contributed by atoms with E-state index in [9.17, 15) is 4.79 Å². The van der Waals surface area contributed by atoms with Crippen molar-refractivity contribution < 1.29 is 4.79 Å². The second-order valence-corrected chi connectivity index (χ2v) is 5.39. The van der Waals surface area contributed by atoms with E-state index in [0.717, 1.165) is 10.7 Å². The predicted molar refractivity (Wildman–Crippen MR) is 80.0 cm³/mol. The molecule has 0 saturated carbocycles. The number of aliphatic imine (C=N–C) groups is 1. The number of amides is 2. The van der Waals surface area contributed by atoms with Gasteiger partial charge in [-0.3, -0.25) is 0 Å². The van der Waals surface area contributed by atoms with Crippen molar-refractivity contribution in [2.45, 2.75) is 6.54 Å². The molecule has 0 bridgehead atoms. The number of thiazole rings is 2. The molecule has 106 valence electrons. The van der Waals surface area contributed by atoms with Crippen LogP contribution < -0.4 is 22.1 Å². The molecule has 0 aliphatic carbocycles. The molecule has 2 amide bonds. The average Bonchev–Trinajstić information content (AvgIpc) is 3.03. The van der Waals surface area contributed by atoms with Crippen LogP contribution in [0.1, 0.15) is 5.01 Å². The van der Waals surface area contributed by atoms with E-state index in [1.54, 1.807) is 7.05 Å². The third-order valence-electron chi connectivity index (χ3n) is 2.16. The summed E-state index contributed by atoms with van der Waals surface area (Å²) < 4.78 is 0. The highest BCUT2D eigenvalue weighted by Gasteiger charge is 2.09. The molecule has 10 heteroatoms. The first-order valence-electron chi connectivity index (χ1n) is 5.54. The summed E-state index contributed by atoms with van der Waals surface area (Å²) in [6.07, 6.45) is 0. The first kappa shape index (κ1) is 14.2. The summed E-state index contributed by atoms with van der Waals surface area (Å²) in [6, 6.07) is -0.245. The molecule has 20 heavy (non-hydrogen) atoms. The maximum Gasteiger partial charge on any atom is 0.314 e. The maximum absolute atomic E-state index is 11.1. The lowest BCUT2D eigenvalue weighted by Crippen LogP contribution is -2.32. The van der Waals surface area contributed by atoms with Crippen molar-refractivity contribution >= 4 is 39.8 Å². The van der Waals surface area contributed by atoms with Crippen molar-refractivity contribution in [2.24, 2.45) is 16.5 Å². The van der Waals surface area contributed by atoms with Crippen LogP contribution in [0.2, 0.25) is 0 Å². The summed E-state index contributed by atoms with van der Waals surface area (Å²) in [5.74, 6) is -0.0281. The molecule has 0 radical (unpaired) electrons. The summed E-state index contributed by atoms with van der Waals surface area (Å²) in [7, 11) is 1.56. The van der Waals surface area contributed by atoms with Crippen LogP contribution >= 0.6 is 22.7 Å². The number of aromatic nitrogens is 2. The smallest absolute Gasteiger partial charge is 0.314 e. The first-order valence-corrected chi connectivity index (χ1v) is 7.30. The lowest BCUT2D eigenvalue weighted by atomic mass is 10.4. The Bertz CT molecular complexity index is 629. The Morgan fingerprint density at radius 1 is 1.30 bits per heavy atom. The molecule has 0 unspecified atom stereocenters. The van der Waals surface area contributed by atoms with Gasteiger partial charge in [0.25, 0.3) is 0 Å². The Hall–Kier alpha value is -2.20. The Kier molecular flexibility index (Phi) is 4.48. The van der Waals surface area contributed by atoms with E-state index in [1.807, 2.05) is 10.8 Å². The van der Waals surface area contributed by atoms with Crippen LogP contribution in [0.4, 0.5) is 9.93 Å². The van der Waals surface area contributed by atoms with Crippen LogP contribution in [0, 0.1) is 0 Å². The summed E-state index contributed by atoms with van der Waals surface area (Å²) in [5.41, 5.74) is 12.0. The average molecular weight is 311 g/mol. The van der Waals surface area contributed by atoms with Crippen LogP contribution in [-0.4, -0.2) is 29.0 Å². The van der Waals surface area contributed by atoms with E-state index < -0.39 is 0 Å². The third-order valence-corrected chi connectivity index (χ3v) is 3.74. The lowest BCUT2D eigenvalue weighted by Gasteiger charge is -2.00. The standard InChI is InChI=1S/C10H13N7OS2/c1-13-9(18)14-2-7-15-5(3-19-7)6-4-20-10(16-6)17-8(11)12/h3-4H,2H2,1H3,(H2,13,14,18)(H4,11,12,16,17). The van der Waals surface area contributed by atoms with Gasteiger partial charge in [0, 0.05) is 17.8 Å². The minimum atomic E-state index is -0.245. The van der Waals surface area contributed by atoms with Gasteiger partial charge >= 0.3 is 6.03 Å². The second-order valence-electron chi connectivity index (χ2n) is 3.61. The summed E-state index contributed by atoms with van der Waals surface area (Å²) in [5, 5.41) is 10.1. The van der Waals surface area contributed by atoms with Gasteiger partial charge in [0.05, 0.1) is 6.54 Å². The number of guanidine groups is 1. The largest absolute Gasteiger partial charge is 0.370 e. The fourth-order valence-corrected chi connectivity index (χ4v) is 2.73. The highest BCUT2D eigenvalue weighted by molar-refractivity contribution is 7.13. The number of nitrogens with zero attached hydrogens (tertiary/aromatic N) is 3. The molecule has 6 N–H and O–H groups in total. The molecule has 2 aromatic rings. The van der Waals surface area contributed by atoms with E-state index in [1.165, 1.54) is 22.7 Å². The van der Waals surface area contributed by atoms with Gasteiger partial charge in [-0.1, -0.05) is 0 Å². The molecule has 2 aromatic heterocycles. The van der Waals surface area contributed by atoms with Crippen molar-refractivity contribution in [3.05, 3.63) is 15.8 Å². The molecule has 0 saturated heterocycles. The molecule has 0 fully saturated rings. The van der Waals surface area contributed by atoms with Gasteiger partial charge in [-0.25, -0.2) is 14.8 Å². The van der Waals surface area contributed by atoms with Crippen molar-refractivity contribution in [2.75, 3.05) is 7.05 Å². The van der Waals surface area contributed by atoms with Gasteiger partial charge in [0.2, 0.25) is 5.13 Å². The number of nitrogens with one attached hydrogen (secondary N) is 2. The molecule has 0 atom stereocenters. The van der Waals surface area contributed by atoms with Crippen molar-refractivity contribution in [1.29, 1.82) is 0 Å². The zero-order valence-electron chi connectivity index (χ0n) is 10.6. The van der Waals surface area contributed by atoms with Gasteiger partial charge in [0.1, 0.15) is 16.4 Å².